The van der Waals surface area contributed by atoms with Crippen LogP contribution in [-0.2, 0) is 9.09 Å². The van der Waals surface area contributed by atoms with Gasteiger partial charge in [0.2, 0.25) is 0 Å². The van der Waals surface area contributed by atoms with Crippen molar-refractivity contribution in [1.82, 2.24) is 0 Å². The summed E-state index contributed by atoms with van der Waals surface area (Å²) >= 11 is 0. The molecule has 0 aliphatic carbocycles. The monoisotopic (exact) mass is 317 g/mol. The summed E-state index contributed by atoms with van der Waals surface area (Å²) in [5.74, 6) is 0.549. The van der Waals surface area contributed by atoms with Crippen molar-refractivity contribution in [2.45, 2.75) is 32.4 Å². The first kappa shape index (κ1) is 15.1. The van der Waals surface area contributed by atoms with Gasteiger partial charge in [-0.2, -0.15) is 0 Å². The Labute approximate surface area is 131 Å². The second-order valence-electron chi connectivity index (χ2n) is 5.55. The molecular formula is C17H20NO3P. The molecule has 0 saturated carbocycles. The Kier molecular flexibility index (Phi) is 4.23. The van der Waals surface area contributed by atoms with E-state index < -0.39 is 7.75 Å². The fraction of sp³-hybridized carbons (Fsp3) is 0.294. The Balaban J connectivity index is 1.98. The normalized spacial score (nSPS) is 28.4. The van der Waals surface area contributed by atoms with Gasteiger partial charge in [0.25, 0.3) is 0 Å². The van der Waals surface area contributed by atoms with Crippen LogP contribution in [0.5, 0.6) is 5.75 Å². The van der Waals surface area contributed by atoms with E-state index in [2.05, 4.69) is 0 Å². The molecule has 1 fully saturated rings. The number of hydrogen-bond acceptors (Lipinski definition) is 3. The lowest BCUT2D eigenvalue weighted by Gasteiger charge is -2.42. The highest BCUT2D eigenvalue weighted by atomic mass is 31.2. The van der Waals surface area contributed by atoms with E-state index in [0.29, 0.717) is 5.75 Å². The van der Waals surface area contributed by atoms with Gasteiger partial charge in [-0.1, -0.05) is 36.4 Å². The molecule has 2 aromatic carbocycles. The fourth-order valence-electron chi connectivity index (χ4n) is 2.80. The highest BCUT2D eigenvalue weighted by Crippen LogP contribution is 2.59. The van der Waals surface area contributed by atoms with Crippen molar-refractivity contribution < 1.29 is 13.6 Å². The van der Waals surface area contributed by atoms with E-state index >= 15 is 0 Å². The number of nitrogens with zero attached hydrogens (tertiary/aromatic N) is 1. The number of para-hydroxylation sites is 2. The van der Waals surface area contributed by atoms with Gasteiger partial charge in [0.1, 0.15) is 5.75 Å². The van der Waals surface area contributed by atoms with E-state index in [1.807, 2.05) is 62.4 Å². The van der Waals surface area contributed by atoms with Crippen molar-refractivity contribution in [2.75, 3.05) is 4.67 Å². The molecule has 1 aliphatic rings. The summed E-state index contributed by atoms with van der Waals surface area (Å²) < 4.78 is 26.8. The number of benzene rings is 2. The third-order valence-corrected chi connectivity index (χ3v) is 5.87. The van der Waals surface area contributed by atoms with Gasteiger partial charge in [-0.3, -0.25) is 9.19 Å². The predicted octanol–water partition coefficient (Wildman–Crippen LogP) is 4.88. The maximum Gasteiger partial charge on any atom is 0.489 e. The van der Waals surface area contributed by atoms with Crippen molar-refractivity contribution in [3.63, 3.8) is 0 Å². The summed E-state index contributed by atoms with van der Waals surface area (Å²) in [6, 6.07) is 18.9. The molecule has 3 unspecified atom stereocenters. The maximum absolute atomic E-state index is 13.4. The van der Waals surface area contributed by atoms with Crippen LogP contribution >= 0.6 is 7.75 Å². The van der Waals surface area contributed by atoms with E-state index in [-0.39, 0.29) is 12.1 Å². The third-order valence-electron chi connectivity index (χ3n) is 3.65. The van der Waals surface area contributed by atoms with Crippen molar-refractivity contribution >= 4 is 13.4 Å². The molecule has 4 nitrogen and oxygen atoms in total. The molecule has 0 amide bonds. The van der Waals surface area contributed by atoms with Gasteiger partial charge >= 0.3 is 7.75 Å². The first-order valence-corrected chi connectivity index (χ1v) is 8.96. The molecule has 116 valence electrons. The summed E-state index contributed by atoms with van der Waals surface area (Å²) in [5, 5.41) is 0. The number of hydrogen-bond donors (Lipinski definition) is 0. The van der Waals surface area contributed by atoms with Crippen LogP contribution in [0.1, 0.15) is 20.3 Å². The van der Waals surface area contributed by atoms with Gasteiger partial charge in [0, 0.05) is 11.7 Å². The smallest absolute Gasteiger partial charge is 0.409 e. The van der Waals surface area contributed by atoms with Gasteiger partial charge in [0.05, 0.1) is 6.10 Å². The van der Waals surface area contributed by atoms with Crippen LogP contribution in [0.2, 0.25) is 0 Å². The molecule has 0 radical (unpaired) electrons. The summed E-state index contributed by atoms with van der Waals surface area (Å²) in [4.78, 5) is 0. The molecule has 1 heterocycles. The molecule has 2 aromatic rings. The average molecular weight is 317 g/mol. The third kappa shape index (κ3) is 3.03. The van der Waals surface area contributed by atoms with Gasteiger partial charge < -0.3 is 4.52 Å². The molecule has 3 atom stereocenters. The Hall–Kier alpha value is -1.77. The number of rotatable bonds is 3. The lowest BCUT2D eigenvalue weighted by Crippen LogP contribution is -2.40. The lowest BCUT2D eigenvalue weighted by molar-refractivity contribution is 0.154. The highest BCUT2D eigenvalue weighted by Gasteiger charge is 2.45. The molecule has 0 bridgehead atoms. The second kappa shape index (κ2) is 6.15. The average Bonchev–Trinajstić information content (AvgIpc) is 2.48. The Morgan fingerprint density at radius 1 is 1.05 bits per heavy atom. The molecule has 5 heteroatoms. The van der Waals surface area contributed by atoms with E-state index in [1.54, 1.807) is 16.8 Å². The summed E-state index contributed by atoms with van der Waals surface area (Å²) in [6.45, 7) is 3.98. The van der Waals surface area contributed by atoms with Gasteiger partial charge in [-0.25, -0.2) is 4.57 Å². The minimum Gasteiger partial charge on any atom is -0.409 e. The van der Waals surface area contributed by atoms with Gasteiger partial charge in [-0.15, -0.1) is 0 Å². The van der Waals surface area contributed by atoms with Crippen LogP contribution in [0.3, 0.4) is 0 Å². The zero-order valence-electron chi connectivity index (χ0n) is 12.8. The first-order chi connectivity index (χ1) is 10.6. The number of anilines is 1. The van der Waals surface area contributed by atoms with Crippen molar-refractivity contribution in [1.29, 1.82) is 0 Å². The Bertz CT molecular complexity index is 662. The second-order valence-corrected chi connectivity index (χ2v) is 7.32. The first-order valence-electron chi connectivity index (χ1n) is 7.46. The maximum atomic E-state index is 13.4. The molecule has 3 rings (SSSR count). The van der Waals surface area contributed by atoms with Crippen molar-refractivity contribution in [3.8, 4) is 5.75 Å². The Morgan fingerprint density at radius 2 is 1.64 bits per heavy atom. The van der Waals surface area contributed by atoms with E-state index in [4.69, 9.17) is 9.05 Å². The largest absolute Gasteiger partial charge is 0.489 e. The molecule has 0 aromatic heterocycles. The minimum atomic E-state index is -3.45. The summed E-state index contributed by atoms with van der Waals surface area (Å²) in [6.07, 6.45) is 0.696. The summed E-state index contributed by atoms with van der Waals surface area (Å²) in [5.41, 5.74) is 0.848. The van der Waals surface area contributed by atoms with Crippen LogP contribution in [0, 0.1) is 0 Å². The van der Waals surface area contributed by atoms with Crippen LogP contribution in [-0.4, -0.2) is 12.1 Å². The van der Waals surface area contributed by atoms with Crippen LogP contribution in [0.25, 0.3) is 0 Å². The zero-order valence-corrected chi connectivity index (χ0v) is 13.6. The molecule has 22 heavy (non-hydrogen) atoms. The summed E-state index contributed by atoms with van der Waals surface area (Å²) in [7, 11) is -3.45. The van der Waals surface area contributed by atoms with Crippen LogP contribution < -0.4 is 9.19 Å². The van der Waals surface area contributed by atoms with Gasteiger partial charge in [-0.05, 0) is 44.5 Å². The SMILES string of the molecule is CC1CC(C)N(c2ccccc2)P(=O)(Oc2ccccc2)O1. The molecule has 0 spiro atoms. The molecule has 1 aliphatic heterocycles. The highest BCUT2D eigenvalue weighted by molar-refractivity contribution is 7.56. The standard InChI is InChI=1S/C17H20NO3P/c1-14-13-15(2)20-22(19,21-17-11-7-4-8-12-17)18(14)16-9-5-3-6-10-16/h3-12,14-15H,13H2,1-2H3. The zero-order chi connectivity index (χ0) is 15.6. The van der Waals surface area contributed by atoms with E-state index in [0.717, 1.165) is 12.1 Å². The van der Waals surface area contributed by atoms with E-state index in [9.17, 15) is 4.57 Å². The van der Waals surface area contributed by atoms with Crippen molar-refractivity contribution in [2.24, 2.45) is 0 Å². The quantitative estimate of drug-likeness (QED) is 0.757. The lowest BCUT2D eigenvalue weighted by atomic mass is 10.1. The van der Waals surface area contributed by atoms with Crippen molar-refractivity contribution in [3.05, 3.63) is 60.7 Å². The van der Waals surface area contributed by atoms with E-state index in [1.165, 1.54) is 0 Å². The Morgan fingerprint density at radius 3 is 2.27 bits per heavy atom. The van der Waals surface area contributed by atoms with Gasteiger partial charge in [0.15, 0.2) is 0 Å². The topological polar surface area (TPSA) is 38.8 Å². The molecule has 1 saturated heterocycles. The molecular weight excluding hydrogens is 297 g/mol. The minimum absolute atomic E-state index is 0.0701. The molecule has 0 N–H and O–H groups in total. The fourth-order valence-corrected chi connectivity index (χ4v) is 4.95. The van der Waals surface area contributed by atoms with Crippen LogP contribution in [0.4, 0.5) is 5.69 Å². The van der Waals surface area contributed by atoms with Crippen LogP contribution in [0.15, 0.2) is 60.7 Å². The predicted molar refractivity (Wildman–Crippen MR) is 88.2 cm³/mol.